The minimum absolute atomic E-state index is 0.680. The van der Waals surface area contributed by atoms with E-state index in [9.17, 15) is 0 Å². The van der Waals surface area contributed by atoms with Gasteiger partial charge in [-0.3, -0.25) is 0 Å². The lowest BCUT2D eigenvalue weighted by atomic mass is 10.1. The summed E-state index contributed by atoms with van der Waals surface area (Å²) in [5.74, 6) is 0.680. The summed E-state index contributed by atoms with van der Waals surface area (Å²) in [7, 11) is 0. The molecule has 2 rings (SSSR count). The number of anilines is 1. The minimum atomic E-state index is 0.680. The molecule has 0 amide bonds. The highest BCUT2D eigenvalue weighted by atomic mass is 35.5. The fourth-order valence-electron chi connectivity index (χ4n) is 1.48. The van der Waals surface area contributed by atoms with Crippen molar-refractivity contribution >= 4 is 40.0 Å². The Morgan fingerprint density at radius 3 is 2.94 bits per heavy atom. The van der Waals surface area contributed by atoms with E-state index in [2.05, 4.69) is 27.9 Å². The maximum absolute atomic E-state index is 6.15. The number of halogens is 1. The van der Waals surface area contributed by atoms with Crippen LogP contribution in [0.4, 0.5) is 5.69 Å². The van der Waals surface area contributed by atoms with E-state index in [-0.39, 0.29) is 0 Å². The van der Waals surface area contributed by atoms with Crippen LogP contribution in [-0.4, -0.2) is 15.3 Å². The molecule has 0 unspecified atom stereocenters. The van der Waals surface area contributed by atoms with Gasteiger partial charge >= 0.3 is 0 Å². The van der Waals surface area contributed by atoms with Gasteiger partial charge in [-0.2, -0.15) is 8.75 Å². The van der Waals surface area contributed by atoms with Crippen molar-refractivity contribution in [3.63, 3.8) is 0 Å². The lowest BCUT2D eigenvalue weighted by Gasteiger charge is -2.10. The van der Waals surface area contributed by atoms with E-state index in [1.165, 1.54) is 11.7 Å². The molecule has 0 aliphatic heterocycles. The van der Waals surface area contributed by atoms with Crippen LogP contribution in [0.5, 0.6) is 0 Å². The van der Waals surface area contributed by atoms with Crippen LogP contribution in [0.1, 0.15) is 20.3 Å². The normalized spacial score (nSPS) is 11.2. The van der Waals surface area contributed by atoms with Crippen LogP contribution >= 0.6 is 23.3 Å². The van der Waals surface area contributed by atoms with Crippen LogP contribution < -0.4 is 5.32 Å². The second-order valence-corrected chi connectivity index (χ2v) is 5.10. The summed E-state index contributed by atoms with van der Waals surface area (Å²) in [6, 6.07) is 3.76. The largest absolute Gasteiger partial charge is 0.382 e. The molecule has 0 bridgehead atoms. The first-order chi connectivity index (χ1) is 7.68. The van der Waals surface area contributed by atoms with Crippen molar-refractivity contribution in [3.05, 3.63) is 17.2 Å². The van der Waals surface area contributed by atoms with Crippen LogP contribution in [0.15, 0.2) is 12.1 Å². The Balaban J connectivity index is 2.21. The third-order valence-electron chi connectivity index (χ3n) is 2.40. The van der Waals surface area contributed by atoms with Crippen LogP contribution in [0.2, 0.25) is 5.02 Å². The Morgan fingerprint density at radius 2 is 2.19 bits per heavy atom. The molecule has 0 radical (unpaired) electrons. The molecule has 1 N–H and O–H groups in total. The second kappa shape index (κ2) is 4.97. The molecule has 1 aromatic heterocycles. The molecule has 0 spiro atoms. The van der Waals surface area contributed by atoms with Crippen molar-refractivity contribution in [2.24, 2.45) is 5.92 Å². The predicted molar refractivity (Wildman–Crippen MR) is 70.4 cm³/mol. The maximum atomic E-state index is 6.15. The van der Waals surface area contributed by atoms with Gasteiger partial charge in [0.05, 0.1) is 22.4 Å². The van der Waals surface area contributed by atoms with Crippen LogP contribution in [-0.2, 0) is 0 Å². The zero-order chi connectivity index (χ0) is 11.5. The molecule has 3 nitrogen and oxygen atoms in total. The predicted octanol–water partition coefficient (Wildman–Crippen LogP) is 3.80. The molecule has 0 aliphatic carbocycles. The average Bonchev–Trinajstić information content (AvgIpc) is 2.69. The molecule has 5 heteroatoms. The van der Waals surface area contributed by atoms with E-state index in [0.29, 0.717) is 10.9 Å². The van der Waals surface area contributed by atoms with Gasteiger partial charge in [-0.25, -0.2) is 0 Å². The number of aromatic nitrogens is 2. The molecule has 86 valence electrons. The average molecular weight is 256 g/mol. The zero-order valence-electron chi connectivity index (χ0n) is 9.33. The van der Waals surface area contributed by atoms with E-state index >= 15 is 0 Å². The van der Waals surface area contributed by atoms with E-state index in [0.717, 1.165) is 29.7 Å². The Morgan fingerprint density at radius 1 is 1.38 bits per heavy atom. The monoisotopic (exact) mass is 255 g/mol. The first-order valence-corrected chi connectivity index (χ1v) is 6.44. The van der Waals surface area contributed by atoms with Crippen LogP contribution in [0, 0.1) is 5.92 Å². The van der Waals surface area contributed by atoms with E-state index in [1.54, 1.807) is 0 Å². The highest BCUT2D eigenvalue weighted by molar-refractivity contribution is 7.00. The van der Waals surface area contributed by atoms with Gasteiger partial charge in [0.2, 0.25) is 0 Å². The Kier molecular flexibility index (Phi) is 3.61. The molecule has 0 fully saturated rings. The summed E-state index contributed by atoms with van der Waals surface area (Å²) in [6.45, 7) is 5.32. The number of nitrogens with zero attached hydrogens (tertiary/aromatic N) is 2. The van der Waals surface area contributed by atoms with Crippen molar-refractivity contribution in [2.75, 3.05) is 11.9 Å². The fraction of sp³-hybridized carbons (Fsp3) is 0.455. The van der Waals surface area contributed by atoms with Crippen molar-refractivity contribution in [3.8, 4) is 0 Å². The number of fused-ring (bicyclic) bond motifs is 1. The molecule has 1 aromatic carbocycles. The third-order valence-corrected chi connectivity index (χ3v) is 3.26. The zero-order valence-corrected chi connectivity index (χ0v) is 10.9. The highest BCUT2D eigenvalue weighted by Crippen LogP contribution is 2.29. The molecule has 1 heterocycles. The van der Waals surface area contributed by atoms with Gasteiger partial charge in [-0.05, 0) is 24.5 Å². The molecule has 2 aromatic rings. The molecule has 0 aliphatic rings. The van der Waals surface area contributed by atoms with Crippen molar-refractivity contribution < 1.29 is 0 Å². The first kappa shape index (κ1) is 11.6. The Hall–Kier alpha value is -0.870. The number of hydrogen-bond donors (Lipinski definition) is 1. The number of nitrogens with one attached hydrogen (secondary N) is 1. The van der Waals surface area contributed by atoms with E-state index in [4.69, 9.17) is 11.6 Å². The van der Waals surface area contributed by atoms with E-state index < -0.39 is 0 Å². The van der Waals surface area contributed by atoms with Gasteiger partial charge in [0.1, 0.15) is 11.0 Å². The smallest absolute Gasteiger partial charge is 0.129 e. The lowest BCUT2D eigenvalue weighted by molar-refractivity contribution is 0.607. The van der Waals surface area contributed by atoms with Gasteiger partial charge in [0.15, 0.2) is 0 Å². The van der Waals surface area contributed by atoms with Crippen LogP contribution in [0.3, 0.4) is 0 Å². The number of rotatable bonds is 4. The topological polar surface area (TPSA) is 37.8 Å². The number of hydrogen-bond acceptors (Lipinski definition) is 4. The summed E-state index contributed by atoms with van der Waals surface area (Å²) in [6.07, 6.45) is 1.12. The molecule has 0 saturated heterocycles. The van der Waals surface area contributed by atoms with Crippen LogP contribution in [0.25, 0.3) is 11.0 Å². The van der Waals surface area contributed by atoms with Gasteiger partial charge < -0.3 is 5.32 Å². The first-order valence-electron chi connectivity index (χ1n) is 5.33. The fourth-order valence-corrected chi connectivity index (χ4v) is 2.24. The lowest BCUT2D eigenvalue weighted by Crippen LogP contribution is -2.05. The third kappa shape index (κ3) is 2.44. The summed E-state index contributed by atoms with van der Waals surface area (Å²) < 4.78 is 8.46. The van der Waals surface area contributed by atoms with Crippen molar-refractivity contribution in [1.29, 1.82) is 0 Å². The van der Waals surface area contributed by atoms with Gasteiger partial charge in [0.25, 0.3) is 0 Å². The Labute approximate surface area is 104 Å². The maximum Gasteiger partial charge on any atom is 0.129 e. The summed E-state index contributed by atoms with van der Waals surface area (Å²) in [5.41, 5.74) is 2.69. The van der Waals surface area contributed by atoms with E-state index in [1.807, 2.05) is 12.1 Å². The quantitative estimate of drug-likeness (QED) is 0.903. The van der Waals surface area contributed by atoms with Gasteiger partial charge in [-0.15, -0.1) is 0 Å². The second-order valence-electron chi connectivity index (χ2n) is 4.16. The molecule has 0 atom stereocenters. The Bertz CT molecular complexity index is 481. The minimum Gasteiger partial charge on any atom is -0.382 e. The van der Waals surface area contributed by atoms with Crippen molar-refractivity contribution in [1.82, 2.24) is 8.75 Å². The summed E-state index contributed by atoms with van der Waals surface area (Å²) in [4.78, 5) is 0. The summed E-state index contributed by atoms with van der Waals surface area (Å²) >= 11 is 7.37. The van der Waals surface area contributed by atoms with Crippen molar-refractivity contribution in [2.45, 2.75) is 20.3 Å². The SMILES string of the molecule is CC(C)CCNc1c(Cl)ccc2nsnc12. The number of benzene rings is 1. The standard InChI is InChI=1S/C11H14ClN3S/c1-7(2)5-6-13-10-8(12)3-4-9-11(10)15-16-14-9/h3-4,7,13H,5-6H2,1-2H3. The molecular weight excluding hydrogens is 242 g/mol. The molecular formula is C11H14ClN3S. The molecule has 0 saturated carbocycles. The summed E-state index contributed by atoms with van der Waals surface area (Å²) in [5, 5.41) is 4.06. The van der Waals surface area contributed by atoms with Gasteiger partial charge in [0, 0.05) is 6.54 Å². The molecule has 16 heavy (non-hydrogen) atoms. The highest BCUT2D eigenvalue weighted by Gasteiger charge is 2.09. The van der Waals surface area contributed by atoms with Gasteiger partial charge in [-0.1, -0.05) is 25.4 Å².